The summed E-state index contributed by atoms with van der Waals surface area (Å²) in [7, 11) is 3.84. The summed E-state index contributed by atoms with van der Waals surface area (Å²) in [6.45, 7) is 22.4. The third-order valence-electron chi connectivity index (χ3n) is 12.0. The Morgan fingerprint density at radius 2 is 1.33 bits per heavy atom. The van der Waals surface area contributed by atoms with E-state index in [4.69, 9.17) is 0 Å². The second-order valence-corrected chi connectivity index (χ2v) is 28.1. The molecule has 4 bridgehead atoms. The lowest BCUT2D eigenvalue weighted by Gasteiger charge is -2.64. The summed E-state index contributed by atoms with van der Waals surface area (Å²) < 4.78 is 0. The fraction of sp³-hybridized carbons (Fsp3) is 0.871. The van der Waals surface area contributed by atoms with Gasteiger partial charge >= 0.3 is 0 Å². The lowest BCUT2D eigenvalue weighted by molar-refractivity contribution is -0.0740. The van der Waals surface area contributed by atoms with Crippen molar-refractivity contribution in [3.8, 4) is 0 Å². The topological polar surface area (TPSA) is 48.1 Å². The predicted molar refractivity (Wildman–Crippen MR) is 181 cm³/mol. The first-order valence-corrected chi connectivity index (χ1v) is 24.7. The molecule has 39 heavy (non-hydrogen) atoms. The highest BCUT2D eigenvalue weighted by molar-refractivity contribution is 7.20. The van der Waals surface area contributed by atoms with E-state index in [0.29, 0.717) is 23.0 Å². The average molecular weight is 605 g/mol. The maximum absolute atomic E-state index is 4.06. The van der Waals surface area contributed by atoms with E-state index in [1.165, 1.54) is 38.3 Å². The summed E-state index contributed by atoms with van der Waals surface area (Å²) in [4.78, 5) is 0. The van der Waals surface area contributed by atoms with Crippen molar-refractivity contribution < 1.29 is 0 Å². The van der Waals surface area contributed by atoms with Crippen LogP contribution in [0.1, 0.15) is 32.1 Å². The largest absolute Gasteiger partial charge is 0.314 e. The molecule has 5 atom stereocenters. The SMILES string of the molecule is C[Si](C)(C)C1=C(C2(CP)C3CC4CC(C3)CC2C4)C(C(P)(C2CNCCN2)C2CNCCN2)=CC1[Si](C)(C)C. The second-order valence-electron chi connectivity index (χ2n) is 16.4. The molecule has 0 aromatic heterocycles. The minimum Gasteiger partial charge on any atom is -0.314 e. The highest BCUT2D eigenvalue weighted by Gasteiger charge is 2.63. The zero-order valence-electron chi connectivity index (χ0n) is 25.8. The zero-order chi connectivity index (χ0) is 27.8. The van der Waals surface area contributed by atoms with Gasteiger partial charge in [0.1, 0.15) is 0 Å². The fourth-order valence-electron chi connectivity index (χ4n) is 10.5. The smallest absolute Gasteiger partial charge is 0.0732 e. The molecule has 2 saturated heterocycles. The minimum atomic E-state index is -1.61. The molecule has 0 aromatic carbocycles. The molecule has 4 saturated carbocycles. The molecule has 0 aromatic rings. The van der Waals surface area contributed by atoms with Gasteiger partial charge in [0, 0.05) is 61.9 Å². The van der Waals surface area contributed by atoms with E-state index >= 15 is 0 Å². The van der Waals surface area contributed by atoms with E-state index in [2.05, 4.69) is 85.1 Å². The number of hydrogen-bond acceptors (Lipinski definition) is 4. The fourth-order valence-corrected chi connectivity index (χ4v) is 18.5. The Morgan fingerprint density at radius 3 is 1.72 bits per heavy atom. The number of rotatable bonds is 7. The quantitative estimate of drug-likeness (QED) is 0.248. The Kier molecular flexibility index (Phi) is 8.11. The molecule has 7 rings (SSSR count). The van der Waals surface area contributed by atoms with Gasteiger partial charge in [0.25, 0.3) is 0 Å². The molecular weight excluding hydrogens is 546 g/mol. The van der Waals surface area contributed by atoms with Gasteiger partial charge in [-0.05, 0) is 78.6 Å². The van der Waals surface area contributed by atoms with Crippen LogP contribution in [0.25, 0.3) is 0 Å². The van der Waals surface area contributed by atoms with Crippen molar-refractivity contribution in [2.24, 2.45) is 29.1 Å². The molecule has 4 nitrogen and oxygen atoms in total. The summed E-state index contributed by atoms with van der Waals surface area (Å²) >= 11 is 0. The maximum atomic E-state index is 4.06. The molecule has 5 aliphatic carbocycles. The van der Waals surface area contributed by atoms with Crippen LogP contribution in [-0.4, -0.2) is 78.8 Å². The Hall–Kier alpha value is 0.614. The van der Waals surface area contributed by atoms with Gasteiger partial charge in [-0.25, -0.2) is 0 Å². The zero-order valence-corrected chi connectivity index (χ0v) is 30.1. The van der Waals surface area contributed by atoms with Gasteiger partial charge in [0.15, 0.2) is 0 Å². The van der Waals surface area contributed by atoms with Gasteiger partial charge < -0.3 is 21.3 Å². The Bertz CT molecular complexity index is 955. The molecule has 6 fully saturated rings. The molecule has 0 spiro atoms. The van der Waals surface area contributed by atoms with Crippen LogP contribution in [0.3, 0.4) is 0 Å². The number of hydrogen-bond donors (Lipinski definition) is 4. The van der Waals surface area contributed by atoms with Gasteiger partial charge in [-0.1, -0.05) is 50.6 Å². The molecule has 5 unspecified atom stereocenters. The van der Waals surface area contributed by atoms with Gasteiger partial charge in [0.2, 0.25) is 0 Å². The summed E-state index contributed by atoms with van der Waals surface area (Å²) in [5.41, 5.74) is 4.70. The summed E-state index contributed by atoms with van der Waals surface area (Å²) in [5, 5.41) is 17.7. The number of allylic oxidation sites excluding steroid dienone is 3. The van der Waals surface area contributed by atoms with E-state index in [9.17, 15) is 0 Å². The van der Waals surface area contributed by atoms with Crippen LogP contribution in [0.15, 0.2) is 22.4 Å². The lowest BCUT2D eigenvalue weighted by atomic mass is 9.43. The number of piperazine rings is 2. The van der Waals surface area contributed by atoms with E-state index < -0.39 is 16.1 Å². The third-order valence-corrected chi connectivity index (χ3v) is 18.6. The van der Waals surface area contributed by atoms with Gasteiger partial charge in [0.05, 0.1) is 16.1 Å². The average Bonchev–Trinajstić information content (AvgIpc) is 3.32. The van der Waals surface area contributed by atoms with Crippen LogP contribution in [0.4, 0.5) is 0 Å². The van der Waals surface area contributed by atoms with Gasteiger partial charge in [-0.2, -0.15) is 0 Å². The monoisotopic (exact) mass is 604 g/mol. The third kappa shape index (κ3) is 4.82. The summed E-state index contributed by atoms with van der Waals surface area (Å²) in [6, 6.07) is 0.827. The van der Waals surface area contributed by atoms with Crippen molar-refractivity contribution in [1.29, 1.82) is 0 Å². The lowest BCUT2D eigenvalue weighted by Crippen LogP contribution is -2.69. The van der Waals surface area contributed by atoms with Crippen molar-refractivity contribution in [2.45, 2.75) is 94.2 Å². The van der Waals surface area contributed by atoms with Crippen molar-refractivity contribution in [3.63, 3.8) is 0 Å². The Labute approximate surface area is 246 Å². The van der Waals surface area contributed by atoms with E-state index in [1.54, 1.807) is 5.57 Å². The van der Waals surface area contributed by atoms with Crippen molar-refractivity contribution in [2.75, 3.05) is 45.4 Å². The van der Waals surface area contributed by atoms with Crippen molar-refractivity contribution in [1.82, 2.24) is 21.3 Å². The number of nitrogens with one attached hydrogen (secondary N) is 4. The van der Waals surface area contributed by atoms with E-state index in [-0.39, 0.29) is 5.16 Å². The molecule has 2 aliphatic heterocycles. The highest BCUT2D eigenvalue weighted by atomic mass is 31.0. The highest BCUT2D eigenvalue weighted by Crippen LogP contribution is 2.70. The first-order chi connectivity index (χ1) is 18.4. The molecule has 7 aliphatic rings. The standard InChI is InChI=1S/C31H58N4P2Si2/c1-38(2,3)25-16-24(31(37,26-17-32-7-9-34-26)27-18-33-8-10-35-27)28(29(25)39(4,5)6)30(19-36)22-12-20-11-21(14-22)15-23(30)13-20/h16,20-23,25-27,32-35H,7-15,17-19,36-37H2,1-6H3. The molecular formula is C31H58N4P2Si2. The first kappa shape index (κ1) is 29.7. The van der Waals surface area contributed by atoms with Crippen LogP contribution in [0, 0.1) is 29.1 Å². The first-order valence-electron chi connectivity index (χ1n) is 16.3. The molecule has 220 valence electrons. The van der Waals surface area contributed by atoms with Gasteiger partial charge in [-0.3, -0.25) is 0 Å². The summed E-state index contributed by atoms with van der Waals surface area (Å²) in [5.74, 6) is 3.76. The normalized spacial score (nSPS) is 42.6. The van der Waals surface area contributed by atoms with Gasteiger partial charge in [-0.15, -0.1) is 18.5 Å². The summed E-state index contributed by atoms with van der Waals surface area (Å²) in [6.07, 6.45) is 11.7. The molecule has 8 heteroatoms. The predicted octanol–water partition coefficient (Wildman–Crippen LogP) is 4.86. The Morgan fingerprint density at radius 1 is 0.821 bits per heavy atom. The van der Waals surface area contributed by atoms with Crippen molar-refractivity contribution >= 4 is 34.6 Å². The molecule has 0 amide bonds. The molecule has 2 heterocycles. The molecule has 4 N–H and O–H groups in total. The van der Waals surface area contributed by atoms with Crippen molar-refractivity contribution in [3.05, 3.63) is 22.4 Å². The minimum absolute atomic E-state index is 0.0308. The van der Waals surface area contributed by atoms with Crippen LogP contribution < -0.4 is 21.3 Å². The van der Waals surface area contributed by atoms with Crippen LogP contribution in [0.2, 0.25) is 44.8 Å². The van der Waals surface area contributed by atoms with E-state index in [0.717, 1.165) is 62.9 Å². The van der Waals surface area contributed by atoms with Crippen LogP contribution in [-0.2, 0) is 0 Å². The maximum Gasteiger partial charge on any atom is 0.0732 e. The van der Waals surface area contributed by atoms with E-state index in [1.807, 2.05) is 10.8 Å². The van der Waals surface area contributed by atoms with Crippen LogP contribution >= 0.6 is 18.5 Å². The Balaban J connectivity index is 1.60. The molecule has 0 radical (unpaired) electrons. The second kappa shape index (κ2) is 10.7. The van der Waals surface area contributed by atoms with Crippen LogP contribution in [0.5, 0.6) is 0 Å².